The van der Waals surface area contributed by atoms with Gasteiger partial charge < -0.3 is 9.97 Å². The van der Waals surface area contributed by atoms with Gasteiger partial charge in [-0.05, 0) is 18.0 Å². The van der Waals surface area contributed by atoms with E-state index in [2.05, 4.69) is 16.9 Å². The van der Waals surface area contributed by atoms with E-state index in [1.807, 2.05) is 6.20 Å². The van der Waals surface area contributed by atoms with Crippen LogP contribution in [0, 0.1) is 4.77 Å². The summed E-state index contributed by atoms with van der Waals surface area (Å²) in [5.74, 6) is 0.0907. The van der Waals surface area contributed by atoms with Crippen molar-refractivity contribution in [3.8, 4) is 0 Å². The monoisotopic (exact) mass is 166 g/mol. The van der Waals surface area contributed by atoms with E-state index in [1.165, 1.54) is 0 Å². The number of hydrogen-bond donors (Lipinski definition) is 2. The second kappa shape index (κ2) is 3.76. The number of aromatic nitrogens is 2. The molecule has 4 heteroatoms. The molecule has 1 heterocycles. The zero-order valence-corrected chi connectivity index (χ0v) is 7.37. The molecular weight excluding hydrogens is 155 g/mol. The molecule has 0 amide bonds. The van der Waals surface area contributed by atoms with Gasteiger partial charge in [0.15, 0.2) is 4.77 Å². The maximum Gasteiger partial charge on any atom is 0.174 e. The summed E-state index contributed by atoms with van der Waals surface area (Å²) in [6.45, 7) is 2.11. The second-order valence-electron chi connectivity index (χ2n) is 2.59. The molecule has 58 valence electrons. The molecule has 0 spiro atoms. The fourth-order valence-electron chi connectivity index (χ4n) is 1.01. The number of rotatable bonds is 3. The van der Waals surface area contributed by atoms with Crippen molar-refractivity contribution < 1.29 is 0 Å². The molecule has 0 bridgehead atoms. The highest BCUT2D eigenvalue weighted by atomic mass is 32.1. The molecule has 2 N–H and O–H groups in total. The third kappa shape index (κ3) is 2.22. The first-order chi connectivity index (χ1) is 5.24. The summed E-state index contributed by atoms with van der Waals surface area (Å²) in [6.07, 6.45) is 3.92. The van der Waals surface area contributed by atoms with Crippen molar-refractivity contribution in [1.82, 2.24) is 9.97 Å². The fourth-order valence-corrected chi connectivity index (χ4v) is 1.19. The Morgan fingerprint density at radius 1 is 1.73 bits per heavy atom. The van der Waals surface area contributed by atoms with Gasteiger partial charge in [0.05, 0.1) is 7.85 Å². The lowest BCUT2D eigenvalue weighted by Gasteiger charge is -2.05. The van der Waals surface area contributed by atoms with Crippen molar-refractivity contribution in [2.45, 2.75) is 25.6 Å². The molecule has 2 nitrogen and oxygen atoms in total. The van der Waals surface area contributed by atoms with Gasteiger partial charge in [-0.2, -0.15) is 0 Å². The molecule has 0 aliphatic heterocycles. The van der Waals surface area contributed by atoms with Crippen molar-refractivity contribution in [3.05, 3.63) is 16.7 Å². The smallest absolute Gasteiger partial charge is 0.174 e. The lowest BCUT2D eigenvalue weighted by atomic mass is 9.81. The predicted molar refractivity (Wildman–Crippen MR) is 49.4 cm³/mol. The molecule has 11 heavy (non-hydrogen) atoms. The summed E-state index contributed by atoms with van der Waals surface area (Å²) in [7, 11) is 5.82. The van der Waals surface area contributed by atoms with Crippen LogP contribution in [0.2, 0.25) is 0 Å². The van der Waals surface area contributed by atoms with Gasteiger partial charge in [0, 0.05) is 11.9 Å². The Morgan fingerprint density at radius 3 is 2.91 bits per heavy atom. The highest BCUT2D eigenvalue weighted by Gasteiger charge is 2.03. The molecule has 1 unspecified atom stereocenters. The molecule has 1 atom stereocenters. The molecule has 1 aromatic heterocycles. The second-order valence-corrected chi connectivity index (χ2v) is 3.00. The average Bonchev–Trinajstić information content (AvgIpc) is 2.36. The Kier molecular flexibility index (Phi) is 2.94. The summed E-state index contributed by atoms with van der Waals surface area (Å²) in [6, 6.07) is 0. The first-order valence-electron chi connectivity index (χ1n) is 3.77. The van der Waals surface area contributed by atoms with Gasteiger partial charge in [-0.15, -0.1) is 0 Å². The molecule has 0 aliphatic rings. The minimum absolute atomic E-state index is 0.0907. The number of aromatic amines is 2. The molecule has 0 aliphatic carbocycles. The third-order valence-corrected chi connectivity index (χ3v) is 1.84. The SMILES string of the molecule is [B]C(CCC)c1c[nH]c(=S)[nH]1. The first kappa shape index (κ1) is 8.59. The number of imidazole rings is 1. The van der Waals surface area contributed by atoms with Crippen molar-refractivity contribution >= 4 is 20.1 Å². The number of nitrogens with one attached hydrogen (secondary N) is 2. The normalized spacial score (nSPS) is 13.2. The largest absolute Gasteiger partial charge is 0.337 e. The zero-order valence-electron chi connectivity index (χ0n) is 6.55. The van der Waals surface area contributed by atoms with Crippen LogP contribution in [0.5, 0.6) is 0 Å². The summed E-state index contributed by atoms with van der Waals surface area (Å²) in [5.41, 5.74) is 0.997. The van der Waals surface area contributed by atoms with Crippen molar-refractivity contribution in [2.24, 2.45) is 0 Å². The quantitative estimate of drug-likeness (QED) is 0.522. The molecule has 2 radical (unpaired) electrons. The minimum Gasteiger partial charge on any atom is -0.337 e. The van der Waals surface area contributed by atoms with Gasteiger partial charge in [-0.25, -0.2) is 0 Å². The fraction of sp³-hybridized carbons (Fsp3) is 0.571. The standard InChI is InChI=1S/C7H11BN2S/c1-2-3-5(8)6-4-9-7(11)10-6/h4-5H,2-3H2,1H3,(H2,9,10,11). The molecule has 1 aromatic rings. The van der Waals surface area contributed by atoms with Crippen LogP contribution in [0.25, 0.3) is 0 Å². The Hall–Kier alpha value is -0.505. The van der Waals surface area contributed by atoms with E-state index in [9.17, 15) is 0 Å². The van der Waals surface area contributed by atoms with Gasteiger partial charge in [-0.1, -0.05) is 19.8 Å². The number of H-pyrrole nitrogens is 2. The van der Waals surface area contributed by atoms with Crippen LogP contribution in [-0.4, -0.2) is 17.8 Å². The first-order valence-corrected chi connectivity index (χ1v) is 4.18. The van der Waals surface area contributed by atoms with E-state index in [0.29, 0.717) is 4.77 Å². The minimum atomic E-state index is 0.0907. The topological polar surface area (TPSA) is 31.6 Å². The van der Waals surface area contributed by atoms with Gasteiger partial charge in [0.1, 0.15) is 0 Å². The van der Waals surface area contributed by atoms with Crippen molar-refractivity contribution in [1.29, 1.82) is 0 Å². The van der Waals surface area contributed by atoms with Gasteiger partial charge in [-0.3, -0.25) is 0 Å². The van der Waals surface area contributed by atoms with E-state index in [0.717, 1.165) is 18.5 Å². The Bertz CT molecular complexity index is 265. The van der Waals surface area contributed by atoms with Crippen LogP contribution in [0.3, 0.4) is 0 Å². The lowest BCUT2D eigenvalue weighted by Crippen LogP contribution is -1.97. The Labute approximate surface area is 72.8 Å². The molecule has 0 saturated carbocycles. The highest BCUT2D eigenvalue weighted by Crippen LogP contribution is 2.13. The van der Waals surface area contributed by atoms with Crippen molar-refractivity contribution in [3.63, 3.8) is 0 Å². The summed E-state index contributed by atoms with van der Waals surface area (Å²) in [5, 5.41) is 0. The average molecular weight is 166 g/mol. The summed E-state index contributed by atoms with van der Waals surface area (Å²) in [4.78, 5) is 5.88. The van der Waals surface area contributed by atoms with Gasteiger partial charge in [0.2, 0.25) is 0 Å². The molecular formula is C7H11BN2S. The lowest BCUT2D eigenvalue weighted by molar-refractivity contribution is 0.754. The summed E-state index contributed by atoms with van der Waals surface area (Å²) < 4.78 is 0.645. The van der Waals surface area contributed by atoms with Crippen LogP contribution in [0.15, 0.2) is 6.20 Å². The predicted octanol–water partition coefficient (Wildman–Crippen LogP) is 2.08. The van der Waals surface area contributed by atoms with Crippen LogP contribution >= 0.6 is 12.2 Å². The molecule has 0 fully saturated rings. The van der Waals surface area contributed by atoms with E-state index >= 15 is 0 Å². The van der Waals surface area contributed by atoms with E-state index < -0.39 is 0 Å². The Morgan fingerprint density at radius 2 is 2.45 bits per heavy atom. The van der Waals surface area contributed by atoms with Gasteiger partial charge >= 0.3 is 0 Å². The molecule has 0 aromatic carbocycles. The van der Waals surface area contributed by atoms with Crippen LogP contribution in [-0.2, 0) is 0 Å². The maximum atomic E-state index is 5.82. The number of hydrogen-bond acceptors (Lipinski definition) is 1. The van der Waals surface area contributed by atoms with Crippen LogP contribution in [0.4, 0.5) is 0 Å². The van der Waals surface area contributed by atoms with E-state index in [4.69, 9.17) is 20.1 Å². The van der Waals surface area contributed by atoms with Crippen LogP contribution < -0.4 is 0 Å². The highest BCUT2D eigenvalue weighted by molar-refractivity contribution is 7.71. The van der Waals surface area contributed by atoms with E-state index in [-0.39, 0.29) is 5.82 Å². The van der Waals surface area contributed by atoms with E-state index in [1.54, 1.807) is 0 Å². The summed E-state index contributed by atoms with van der Waals surface area (Å²) >= 11 is 4.87. The molecule has 1 rings (SSSR count). The van der Waals surface area contributed by atoms with Crippen molar-refractivity contribution in [2.75, 3.05) is 0 Å². The molecule has 0 saturated heterocycles. The maximum absolute atomic E-state index is 5.82. The third-order valence-electron chi connectivity index (χ3n) is 1.62. The zero-order chi connectivity index (χ0) is 8.27. The van der Waals surface area contributed by atoms with Gasteiger partial charge in [0.25, 0.3) is 0 Å². The van der Waals surface area contributed by atoms with Crippen LogP contribution in [0.1, 0.15) is 31.3 Å². The Balaban J connectivity index is 2.68.